The average molecular weight is 480 g/mol. The smallest absolute Gasteiger partial charge is 0.407 e. The van der Waals surface area contributed by atoms with Crippen LogP contribution in [0.2, 0.25) is 0 Å². The van der Waals surface area contributed by atoms with Crippen molar-refractivity contribution < 1.29 is 14.3 Å². The number of aromatic nitrogens is 2. The summed E-state index contributed by atoms with van der Waals surface area (Å²) in [6, 6.07) is 13.5. The van der Waals surface area contributed by atoms with Crippen molar-refractivity contribution in [1.82, 2.24) is 15.3 Å². The van der Waals surface area contributed by atoms with Crippen molar-refractivity contribution in [1.29, 1.82) is 0 Å². The first-order valence-corrected chi connectivity index (χ1v) is 12.0. The normalized spacial score (nSPS) is 15.8. The molecule has 3 aromatic rings. The highest BCUT2D eigenvalue weighted by atomic mass is 32.1. The van der Waals surface area contributed by atoms with Crippen LogP contribution in [0.25, 0.3) is 11.3 Å². The highest BCUT2D eigenvalue weighted by Crippen LogP contribution is 2.30. The molecule has 4 rings (SSSR count). The second-order valence-corrected chi connectivity index (χ2v) is 10.4. The van der Waals surface area contributed by atoms with Crippen LogP contribution in [-0.2, 0) is 4.74 Å². The van der Waals surface area contributed by atoms with E-state index in [0.29, 0.717) is 17.2 Å². The molecule has 0 aliphatic carbocycles. The molecule has 9 heteroatoms. The Morgan fingerprint density at radius 1 is 1.15 bits per heavy atom. The van der Waals surface area contributed by atoms with Gasteiger partial charge in [0.05, 0.1) is 17.3 Å². The molecule has 2 N–H and O–H groups in total. The third-order valence-corrected chi connectivity index (χ3v) is 6.19. The van der Waals surface area contributed by atoms with E-state index in [4.69, 9.17) is 4.74 Å². The van der Waals surface area contributed by atoms with Crippen molar-refractivity contribution in [3.63, 3.8) is 0 Å². The van der Waals surface area contributed by atoms with Crippen LogP contribution < -0.4 is 15.5 Å². The molecule has 1 unspecified atom stereocenters. The van der Waals surface area contributed by atoms with Crippen molar-refractivity contribution >= 4 is 34.3 Å². The Hall–Kier alpha value is -3.46. The third kappa shape index (κ3) is 5.91. The number of ether oxygens (including phenoxy) is 1. The van der Waals surface area contributed by atoms with Gasteiger partial charge in [0.2, 0.25) is 0 Å². The minimum atomic E-state index is -0.527. The van der Waals surface area contributed by atoms with Crippen LogP contribution >= 0.6 is 11.3 Å². The van der Waals surface area contributed by atoms with Gasteiger partial charge >= 0.3 is 6.09 Å². The summed E-state index contributed by atoms with van der Waals surface area (Å²) in [5, 5.41) is 6.35. The van der Waals surface area contributed by atoms with Crippen LogP contribution in [0.3, 0.4) is 0 Å². The molecule has 1 atom stereocenters. The Balaban J connectivity index is 1.34. The number of thiazole rings is 1. The quantitative estimate of drug-likeness (QED) is 0.542. The molecule has 178 valence electrons. The number of benzene rings is 1. The van der Waals surface area contributed by atoms with Crippen LogP contribution in [0.5, 0.6) is 0 Å². The molecule has 0 radical (unpaired) electrons. The molecule has 0 saturated carbocycles. The summed E-state index contributed by atoms with van der Waals surface area (Å²) in [6.45, 7) is 8.91. The number of alkyl carbamates (subject to hydrolysis) is 1. The largest absolute Gasteiger partial charge is 0.444 e. The molecule has 1 aromatic carbocycles. The van der Waals surface area contributed by atoms with E-state index in [-0.39, 0.29) is 11.9 Å². The molecule has 1 fully saturated rings. The summed E-state index contributed by atoms with van der Waals surface area (Å²) in [6.07, 6.45) is 1.96. The number of rotatable bonds is 5. The fourth-order valence-corrected chi connectivity index (χ4v) is 4.58. The molecule has 2 aromatic heterocycles. The fourth-order valence-electron chi connectivity index (χ4n) is 3.75. The lowest BCUT2D eigenvalue weighted by molar-refractivity contribution is 0.0509. The molecular formula is C25H29N5O3S. The minimum absolute atomic E-state index is 0.00780. The van der Waals surface area contributed by atoms with Crippen LogP contribution in [-0.4, -0.2) is 46.7 Å². The number of aryl methyl sites for hydroxylation is 1. The number of carbonyl (C=O) groups is 2. The van der Waals surface area contributed by atoms with Gasteiger partial charge in [0.1, 0.15) is 11.4 Å². The number of nitrogens with zero attached hydrogens (tertiary/aromatic N) is 3. The highest BCUT2D eigenvalue weighted by Gasteiger charge is 2.27. The van der Waals surface area contributed by atoms with Gasteiger partial charge in [0, 0.05) is 29.7 Å². The molecule has 34 heavy (non-hydrogen) atoms. The Morgan fingerprint density at radius 3 is 2.59 bits per heavy atom. The number of pyridine rings is 1. The lowest BCUT2D eigenvalue weighted by atomic mass is 10.1. The number of nitrogens with one attached hydrogen (secondary N) is 2. The number of anilines is 2. The maximum absolute atomic E-state index is 12.7. The van der Waals surface area contributed by atoms with E-state index in [0.717, 1.165) is 34.9 Å². The topological polar surface area (TPSA) is 96.5 Å². The Morgan fingerprint density at radius 2 is 1.91 bits per heavy atom. The Bertz CT molecular complexity index is 1160. The minimum Gasteiger partial charge on any atom is -0.444 e. The zero-order valence-electron chi connectivity index (χ0n) is 19.8. The van der Waals surface area contributed by atoms with Crippen LogP contribution in [0, 0.1) is 6.92 Å². The van der Waals surface area contributed by atoms with Crippen molar-refractivity contribution in [2.24, 2.45) is 0 Å². The SMILES string of the molecule is Cc1sc(NC(=O)c2ccc(N3CCC(NC(=O)OC(C)(C)C)C3)nc2)nc1-c1ccccc1. The summed E-state index contributed by atoms with van der Waals surface area (Å²) in [5.41, 5.74) is 1.83. The number of amides is 2. The molecule has 1 aliphatic heterocycles. The Kier molecular flexibility index (Phi) is 6.83. The number of carbonyl (C=O) groups excluding carboxylic acids is 2. The zero-order valence-corrected chi connectivity index (χ0v) is 20.6. The first-order chi connectivity index (χ1) is 16.2. The number of hydrogen-bond donors (Lipinski definition) is 2. The Labute approximate surface area is 203 Å². The lowest BCUT2D eigenvalue weighted by Crippen LogP contribution is -2.40. The van der Waals surface area contributed by atoms with Gasteiger partial charge in [-0.1, -0.05) is 30.3 Å². The maximum Gasteiger partial charge on any atom is 0.407 e. The van der Waals surface area contributed by atoms with Crippen molar-refractivity contribution in [2.75, 3.05) is 23.3 Å². The average Bonchev–Trinajstić information content (AvgIpc) is 3.39. The van der Waals surface area contributed by atoms with E-state index in [9.17, 15) is 9.59 Å². The summed E-state index contributed by atoms with van der Waals surface area (Å²) in [7, 11) is 0. The fraction of sp³-hybridized carbons (Fsp3) is 0.360. The second kappa shape index (κ2) is 9.80. The first-order valence-electron chi connectivity index (χ1n) is 11.2. The standard InChI is InChI=1S/C25H29N5O3S/c1-16-21(17-8-6-5-7-9-17)28-23(34-16)29-22(31)18-10-11-20(26-14-18)30-13-12-19(15-30)27-24(32)33-25(2,3)4/h5-11,14,19H,12-13,15H2,1-4H3,(H,27,32)(H,28,29,31). The van der Waals surface area contributed by atoms with Gasteiger partial charge in [-0.3, -0.25) is 10.1 Å². The van der Waals surface area contributed by atoms with Crippen molar-refractivity contribution in [3.8, 4) is 11.3 Å². The van der Waals surface area contributed by atoms with E-state index in [1.807, 2.05) is 64.1 Å². The predicted octanol–water partition coefficient (Wildman–Crippen LogP) is 4.87. The molecule has 0 spiro atoms. The van der Waals surface area contributed by atoms with E-state index >= 15 is 0 Å². The highest BCUT2D eigenvalue weighted by molar-refractivity contribution is 7.16. The first kappa shape index (κ1) is 23.7. The molecule has 1 saturated heterocycles. The lowest BCUT2D eigenvalue weighted by Gasteiger charge is -2.22. The van der Waals surface area contributed by atoms with E-state index in [1.165, 1.54) is 11.3 Å². The van der Waals surface area contributed by atoms with Gasteiger partial charge in [0.25, 0.3) is 5.91 Å². The monoisotopic (exact) mass is 479 g/mol. The summed E-state index contributed by atoms with van der Waals surface area (Å²) < 4.78 is 5.33. The van der Waals surface area contributed by atoms with Gasteiger partial charge in [-0.15, -0.1) is 11.3 Å². The molecule has 0 bridgehead atoms. The molecular weight excluding hydrogens is 450 g/mol. The summed E-state index contributed by atoms with van der Waals surface area (Å²) in [4.78, 5) is 36.9. The van der Waals surface area contributed by atoms with Gasteiger partial charge in [0.15, 0.2) is 5.13 Å². The number of hydrogen-bond acceptors (Lipinski definition) is 7. The molecule has 1 aliphatic rings. The van der Waals surface area contributed by atoms with Crippen molar-refractivity contribution in [3.05, 3.63) is 59.1 Å². The van der Waals surface area contributed by atoms with E-state index in [1.54, 1.807) is 12.3 Å². The molecule has 3 heterocycles. The van der Waals surface area contributed by atoms with Gasteiger partial charge in [-0.2, -0.15) is 0 Å². The van der Waals surface area contributed by atoms with E-state index < -0.39 is 11.7 Å². The maximum atomic E-state index is 12.7. The van der Waals surface area contributed by atoms with Gasteiger partial charge < -0.3 is 15.0 Å². The predicted molar refractivity (Wildman–Crippen MR) is 134 cm³/mol. The second-order valence-electron chi connectivity index (χ2n) is 9.23. The molecule has 8 nitrogen and oxygen atoms in total. The van der Waals surface area contributed by atoms with Gasteiger partial charge in [-0.05, 0) is 46.2 Å². The van der Waals surface area contributed by atoms with Crippen LogP contribution in [0.1, 0.15) is 42.4 Å². The zero-order chi connectivity index (χ0) is 24.3. The van der Waals surface area contributed by atoms with Crippen LogP contribution in [0.15, 0.2) is 48.7 Å². The summed E-state index contributed by atoms with van der Waals surface area (Å²) >= 11 is 1.45. The third-order valence-electron chi connectivity index (χ3n) is 5.31. The van der Waals surface area contributed by atoms with Gasteiger partial charge in [-0.25, -0.2) is 14.8 Å². The summed E-state index contributed by atoms with van der Waals surface area (Å²) in [5.74, 6) is 0.514. The van der Waals surface area contributed by atoms with Crippen LogP contribution in [0.4, 0.5) is 15.7 Å². The molecule has 2 amide bonds. The van der Waals surface area contributed by atoms with E-state index in [2.05, 4.69) is 25.5 Å². The van der Waals surface area contributed by atoms with Crippen molar-refractivity contribution in [2.45, 2.75) is 45.8 Å².